The number of rotatable bonds is 0. The molecule has 0 heterocycles. The Kier molecular flexibility index (Phi) is 6.14. The van der Waals surface area contributed by atoms with Crippen molar-refractivity contribution in [1.82, 2.24) is 0 Å². The molecule has 7 unspecified atom stereocenters. The van der Waals surface area contributed by atoms with E-state index in [9.17, 15) is 0 Å². The van der Waals surface area contributed by atoms with Crippen LogP contribution in [-0.4, -0.2) is 0 Å². The Bertz CT molecular complexity index is 670. The van der Waals surface area contributed by atoms with Gasteiger partial charge in [-0.3, -0.25) is 0 Å². The van der Waals surface area contributed by atoms with Gasteiger partial charge in [0.25, 0.3) is 0 Å². The van der Waals surface area contributed by atoms with Crippen molar-refractivity contribution in [2.45, 2.75) is 94.4 Å². The molecule has 4 aliphatic rings. The first-order chi connectivity index (χ1) is 12.8. The van der Waals surface area contributed by atoms with Crippen LogP contribution in [0.1, 0.15) is 94.4 Å². The summed E-state index contributed by atoms with van der Waals surface area (Å²) in [6, 6.07) is 0. The van der Waals surface area contributed by atoms with Crippen molar-refractivity contribution in [1.29, 1.82) is 0 Å². The van der Waals surface area contributed by atoms with Gasteiger partial charge in [0, 0.05) is 0 Å². The van der Waals surface area contributed by atoms with Gasteiger partial charge in [0.15, 0.2) is 0 Å². The van der Waals surface area contributed by atoms with Gasteiger partial charge in [-0.15, -0.1) is 0 Å². The van der Waals surface area contributed by atoms with Gasteiger partial charge in [-0.1, -0.05) is 95.8 Å². The zero-order valence-corrected chi connectivity index (χ0v) is 19.6. The molecule has 0 bridgehead atoms. The molecule has 27 heavy (non-hydrogen) atoms. The summed E-state index contributed by atoms with van der Waals surface area (Å²) >= 11 is 0. The molecular formula is C27H44. The highest BCUT2D eigenvalue weighted by molar-refractivity contribution is 5.52. The first kappa shape index (κ1) is 20.9. The lowest BCUT2D eigenvalue weighted by Crippen LogP contribution is -2.38. The number of hydrogen-bond donors (Lipinski definition) is 0. The molecule has 0 amide bonds. The minimum absolute atomic E-state index is 0.680. The monoisotopic (exact) mass is 368 g/mol. The predicted molar refractivity (Wildman–Crippen MR) is 120 cm³/mol. The van der Waals surface area contributed by atoms with Crippen molar-refractivity contribution in [3.05, 3.63) is 33.4 Å². The Balaban J connectivity index is 0.00000102. The van der Waals surface area contributed by atoms with Gasteiger partial charge in [-0.25, -0.2) is 0 Å². The van der Waals surface area contributed by atoms with Gasteiger partial charge in [0.05, 0.1) is 0 Å². The second-order valence-corrected chi connectivity index (χ2v) is 9.86. The number of allylic oxidation sites excluding steroid dienone is 6. The third kappa shape index (κ3) is 3.10. The van der Waals surface area contributed by atoms with Crippen LogP contribution in [-0.2, 0) is 0 Å². The molecule has 0 spiro atoms. The average Bonchev–Trinajstić information content (AvgIpc) is 2.66. The van der Waals surface area contributed by atoms with E-state index >= 15 is 0 Å². The van der Waals surface area contributed by atoms with Crippen LogP contribution in [0, 0.1) is 41.4 Å². The molecule has 0 aliphatic heterocycles. The van der Waals surface area contributed by atoms with E-state index in [-0.39, 0.29) is 0 Å². The summed E-state index contributed by atoms with van der Waals surface area (Å²) in [7, 11) is 0. The molecule has 0 N–H and O–H groups in total. The van der Waals surface area contributed by atoms with Crippen LogP contribution in [0.3, 0.4) is 0 Å². The maximum atomic E-state index is 2.55. The molecular weight excluding hydrogens is 324 g/mol. The molecule has 0 fully saturated rings. The fourth-order valence-electron chi connectivity index (χ4n) is 7.56. The summed E-state index contributed by atoms with van der Waals surface area (Å²) in [6.07, 6.45) is 6.97. The van der Waals surface area contributed by atoms with Crippen LogP contribution < -0.4 is 0 Å². The van der Waals surface area contributed by atoms with Crippen LogP contribution in [0.4, 0.5) is 0 Å². The molecule has 4 aliphatic carbocycles. The maximum absolute atomic E-state index is 2.55. The fourth-order valence-corrected chi connectivity index (χ4v) is 7.56. The average molecular weight is 369 g/mol. The lowest BCUT2D eigenvalue weighted by atomic mass is 9.54. The van der Waals surface area contributed by atoms with E-state index < -0.39 is 0 Å². The van der Waals surface area contributed by atoms with E-state index in [1.165, 1.54) is 32.1 Å². The largest absolute Gasteiger partial charge is 0.0683 e. The molecule has 0 nitrogen and oxygen atoms in total. The topological polar surface area (TPSA) is 0 Å². The molecule has 0 saturated heterocycles. The van der Waals surface area contributed by atoms with E-state index in [0.717, 1.165) is 17.8 Å². The second-order valence-electron chi connectivity index (χ2n) is 9.86. The molecule has 152 valence electrons. The highest BCUT2D eigenvalue weighted by atomic mass is 14.5. The standard InChI is InChI=1S/C25H38.C2H6/c1-13-9-8-10-20-16(4)24-18(6)22-14(2)11-12-15(3)23(22)19(7)25(24)17(5)21(13)20;1-2/h13-19H,8-12H2,1-7H3;1-2H3. The van der Waals surface area contributed by atoms with Crippen molar-refractivity contribution in [3.63, 3.8) is 0 Å². The zero-order valence-electron chi connectivity index (χ0n) is 19.6. The smallest absolute Gasteiger partial charge is 0.000674 e. The van der Waals surface area contributed by atoms with Crippen LogP contribution in [0.2, 0.25) is 0 Å². The molecule has 0 aromatic carbocycles. The number of hydrogen-bond acceptors (Lipinski definition) is 0. The zero-order chi connectivity index (χ0) is 20.0. The van der Waals surface area contributed by atoms with E-state index in [1.807, 2.05) is 47.3 Å². The first-order valence-corrected chi connectivity index (χ1v) is 12.0. The Hall–Kier alpha value is -0.780. The second kappa shape index (κ2) is 7.92. The van der Waals surface area contributed by atoms with E-state index in [2.05, 4.69) is 48.5 Å². The summed E-state index contributed by atoms with van der Waals surface area (Å²) in [4.78, 5) is 0. The molecule has 4 rings (SSSR count). The van der Waals surface area contributed by atoms with Crippen molar-refractivity contribution in [3.8, 4) is 0 Å². The highest BCUT2D eigenvalue weighted by Crippen LogP contribution is 2.58. The third-order valence-electron chi connectivity index (χ3n) is 8.53. The molecule has 0 radical (unpaired) electrons. The summed E-state index contributed by atoms with van der Waals surface area (Å²) < 4.78 is 0. The molecule has 0 heteroatoms. The minimum atomic E-state index is 0.680. The van der Waals surface area contributed by atoms with Crippen molar-refractivity contribution < 1.29 is 0 Å². The molecule has 0 aromatic rings. The highest BCUT2D eigenvalue weighted by Gasteiger charge is 2.45. The molecule has 0 saturated carbocycles. The van der Waals surface area contributed by atoms with Gasteiger partial charge in [-0.05, 0) is 73.5 Å². The first-order valence-electron chi connectivity index (χ1n) is 12.0. The lowest BCUT2D eigenvalue weighted by molar-refractivity contribution is 0.351. The van der Waals surface area contributed by atoms with Gasteiger partial charge < -0.3 is 0 Å². The van der Waals surface area contributed by atoms with Crippen LogP contribution in [0.5, 0.6) is 0 Å². The Morgan fingerprint density at radius 2 is 0.889 bits per heavy atom. The third-order valence-corrected chi connectivity index (χ3v) is 8.53. The van der Waals surface area contributed by atoms with Crippen molar-refractivity contribution in [2.24, 2.45) is 41.4 Å². The van der Waals surface area contributed by atoms with Crippen molar-refractivity contribution >= 4 is 0 Å². The predicted octanol–water partition coefficient (Wildman–Crippen LogP) is 8.36. The maximum Gasteiger partial charge on any atom is -0.000674 e. The summed E-state index contributed by atoms with van der Waals surface area (Å²) in [5.74, 6) is 5.13. The lowest BCUT2D eigenvalue weighted by Gasteiger charge is -2.50. The molecule has 7 atom stereocenters. The van der Waals surface area contributed by atoms with E-state index in [0.29, 0.717) is 23.7 Å². The minimum Gasteiger partial charge on any atom is -0.0683 e. The quantitative estimate of drug-likeness (QED) is 0.377. The molecule has 0 aromatic heterocycles. The normalized spacial score (nSPS) is 41.4. The summed E-state index contributed by atoms with van der Waals surface area (Å²) in [5.41, 5.74) is 11.1. The van der Waals surface area contributed by atoms with Crippen LogP contribution in [0.15, 0.2) is 33.4 Å². The Morgan fingerprint density at radius 3 is 1.41 bits per heavy atom. The Morgan fingerprint density at radius 1 is 0.481 bits per heavy atom. The van der Waals surface area contributed by atoms with Gasteiger partial charge in [-0.2, -0.15) is 0 Å². The fraction of sp³-hybridized carbons (Fsp3) is 0.778. The van der Waals surface area contributed by atoms with E-state index in [1.54, 1.807) is 0 Å². The summed E-state index contributed by atoms with van der Waals surface area (Å²) in [6.45, 7) is 21.7. The van der Waals surface area contributed by atoms with Gasteiger partial charge in [0.1, 0.15) is 0 Å². The van der Waals surface area contributed by atoms with Crippen molar-refractivity contribution in [2.75, 3.05) is 0 Å². The Labute approximate surface area is 169 Å². The van der Waals surface area contributed by atoms with Gasteiger partial charge in [0.2, 0.25) is 0 Å². The van der Waals surface area contributed by atoms with E-state index in [4.69, 9.17) is 0 Å². The van der Waals surface area contributed by atoms with Crippen LogP contribution >= 0.6 is 0 Å². The van der Waals surface area contributed by atoms with Gasteiger partial charge >= 0.3 is 0 Å². The van der Waals surface area contributed by atoms with Crippen LogP contribution in [0.25, 0.3) is 0 Å². The SMILES string of the molecule is CC.CC1CCCC2=C1C(C)C1=C(C2C)C(C)C2=C(C(C)CCC2C)C1C. The summed E-state index contributed by atoms with van der Waals surface area (Å²) in [5, 5.41) is 0.